The first-order chi connectivity index (χ1) is 15.2. The fourth-order valence-electron chi connectivity index (χ4n) is 4.26. The van der Waals surface area contributed by atoms with Gasteiger partial charge in [-0.2, -0.15) is 0 Å². The van der Waals surface area contributed by atoms with Gasteiger partial charge in [0.2, 0.25) is 0 Å². The summed E-state index contributed by atoms with van der Waals surface area (Å²) in [5, 5.41) is 3.49. The molecule has 1 saturated heterocycles. The highest BCUT2D eigenvalue weighted by molar-refractivity contribution is 5.80. The molecule has 1 aromatic carbocycles. The van der Waals surface area contributed by atoms with Crippen LogP contribution in [0.2, 0.25) is 0 Å². The Morgan fingerprint density at radius 2 is 2.06 bits per heavy atom. The number of hydrogen-bond acceptors (Lipinski definition) is 3. The maximum absolute atomic E-state index is 4.96. The Kier molecular flexibility index (Phi) is 7.02. The molecular formula is C24H33N7. The summed E-state index contributed by atoms with van der Waals surface area (Å²) in [5.74, 6) is 2.59. The van der Waals surface area contributed by atoms with Gasteiger partial charge in [-0.3, -0.25) is 0 Å². The normalized spacial score (nSPS) is 19.5. The second kappa shape index (κ2) is 10.3. The molecule has 0 saturated carbocycles. The standard InChI is InChI=1S/C24H33N7/c1-3-26-24(30-13-9-20(2)22(18-30)31-15-11-25-19-31)28-17-23-27-12-16-29(23)14-10-21-7-5-4-6-8-21/h4-8,11-12,15-16,19-20,22H,3,9-10,13-14,17-18H2,1-2H3,(H,26,28). The third-order valence-electron chi connectivity index (χ3n) is 6.12. The lowest BCUT2D eigenvalue weighted by atomic mass is 9.93. The third-order valence-corrected chi connectivity index (χ3v) is 6.12. The van der Waals surface area contributed by atoms with Crippen LogP contribution in [0.5, 0.6) is 0 Å². The summed E-state index contributed by atoms with van der Waals surface area (Å²) in [5.41, 5.74) is 1.34. The fourth-order valence-corrected chi connectivity index (χ4v) is 4.26. The number of aromatic nitrogens is 4. The number of aliphatic imine (C=N–C) groups is 1. The lowest BCUT2D eigenvalue weighted by Gasteiger charge is -2.39. The highest BCUT2D eigenvalue weighted by Gasteiger charge is 2.28. The molecule has 2 aromatic heterocycles. The van der Waals surface area contributed by atoms with Crippen molar-refractivity contribution >= 4 is 5.96 Å². The molecule has 7 heteroatoms. The molecule has 7 nitrogen and oxygen atoms in total. The Labute approximate surface area is 184 Å². The van der Waals surface area contributed by atoms with Gasteiger partial charge < -0.3 is 19.4 Å². The van der Waals surface area contributed by atoms with Crippen molar-refractivity contribution in [3.8, 4) is 0 Å². The molecule has 2 atom stereocenters. The van der Waals surface area contributed by atoms with Gasteiger partial charge in [-0.05, 0) is 31.2 Å². The summed E-state index contributed by atoms with van der Waals surface area (Å²) in [7, 11) is 0. The van der Waals surface area contributed by atoms with Crippen LogP contribution in [0, 0.1) is 5.92 Å². The fraction of sp³-hybridized carbons (Fsp3) is 0.458. The molecule has 3 aromatic rings. The maximum atomic E-state index is 4.96. The van der Waals surface area contributed by atoms with E-state index in [0.29, 0.717) is 18.5 Å². The van der Waals surface area contributed by atoms with Gasteiger partial charge in [0.25, 0.3) is 0 Å². The van der Waals surface area contributed by atoms with E-state index in [9.17, 15) is 0 Å². The van der Waals surface area contributed by atoms with Crippen LogP contribution in [0.25, 0.3) is 0 Å². The largest absolute Gasteiger partial charge is 0.357 e. The SMILES string of the molecule is CCNC(=NCc1nccn1CCc1ccccc1)N1CCC(C)C(n2ccnc2)C1. The number of aryl methyl sites for hydroxylation is 2. The van der Waals surface area contributed by atoms with Crippen molar-refractivity contribution in [3.05, 3.63) is 72.8 Å². The number of likely N-dealkylation sites (tertiary alicyclic amines) is 1. The number of rotatable bonds is 7. The summed E-state index contributed by atoms with van der Waals surface area (Å²) in [6.07, 6.45) is 11.9. The average Bonchev–Trinajstić information content (AvgIpc) is 3.48. The minimum atomic E-state index is 0.410. The van der Waals surface area contributed by atoms with Crippen LogP contribution in [-0.4, -0.2) is 49.6 Å². The molecule has 4 rings (SSSR count). The van der Waals surface area contributed by atoms with Gasteiger partial charge in [-0.1, -0.05) is 37.3 Å². The van der Waals surface area contributed by atoms with Crippen LogP contribution in [-0.2, 0) is 19.5 Å². The molecular weight excluding hydrogens is 386 g/mol. The minimum absolute atomic E-state index is 0.410. The maximum Gasteiger partial charge on any atom is 0.194 e. The van der Waals surface area contributed by atoms with Crippen molar-refractivity contribution in [2.24, 2.45) is 10.9 Å². The number of piperidine rings is 1. The Morgan fingerprint density at radius 1 is 1.19 bits per heavy atom. The van der Waals surface area contributed by atoms with E-state index >= 15 is 0 Å². The van der Waals surface area contributed by atoms with Crippen molar-refractivity contribution in [2.45, 2.75) is 45.8 Å². The molecule has 2 unspecified atom stereocenters. The number of benzene rings is 1. The molecule has 1 N–H and O–H groups in total. The molecule has 0 spiro atoms. The zero-order valence-corrected chi connectivity index (χ0v) is 18.6. The molecule has 0 aliphatic carbocycles. The summed E-state index contributed by atoms with van der Waals surface area (Å²) in [4.78, 5) is 16.2. The van der Waals surface area contributed by atoms with Crippen LogP contribution in [0.4, 0.5) is 0 Å². The molecule has 0 bridgehead atoms. The Hall–Kier alpha value is -3.09. The lowest BCUT2D eigenvalue weighted by Crippen LogP contribution is -2.49. The van der Waals surface area contributed by atoms with Crippen LogP contribution in [0.3, 0.4) is 0 Å². The van der Waals surface area contributed by atoms with E-state index in [1.54, 1.807) is 0 Å². The number of hydrogen-bond donors (Lipinski definition) is 1. The van der Waals surface area contributed by atoms with E-state index in [4.69, 9.17) is 4.99 Å². The van der Waals surface area contributed by atoms with Crippen LogP contribution < -0.4 is 5.32 Å². The van der Waals surface area contributed by atoms with Gasteiger partial charge in [0.1, 0.15) is 12.4 Å². The molecule has 1 aliphatic rings. The quantitative estimate of drug-likeness (QED) is 0.471. The molecule has 3 heterocycles. The molecule has 1 fully saturated rings. The smallest absolute Gasteiger partial charge is 0.194 e. The van der Waals surface area contributed by atoms with E-state index in [1.165, 1.54) is 5.56 Å². The van der Waals surface area contributed by atoms with Gasteiger partial charge in [-0.15, -0.1) is 0 Å². The molecule has 31 heavy (non-hydrogen) atoms. The summed E-state index contributed by atoms with van der Waals surface area (Å²) in [6, 6.07) is 11.0. The Morgan fingerprint density at radius 3 is 2.84 bits per heavy atom. The predicted octanol–water partition coefficient (Wildman–Crippen LogP) is 3.37. The number of guanidine groups is 1. The van der Waals surface area contributed by atoms with Crippen molar-refractivity contribution < 1.29 is 0 Å². The second-order valence-corrected chi connectivity index (χ2v) is 8.23. The van der Waals surface area contributed by atoms with E-state index < -0.39 is 0 Å². The predicted molar refractivity (Wildman–Crippen MR) is 124 cm³/mol. The van der Waals surface area contributed by atoms with Gasteiger partial charge in [0.15, 0.2) is 5.96 Å². The highest BCUT2D eigenvalue weighted by atomic mass is 15.3. The summed E-state index contributed by atoms with van der Waals surface area (Å²) >= 11 is 0. The van der Waals surface area contributed by atoms with E-state index in [1.807, 2.05) is 18.7 Å². The first kappa shape index (κ1) is 21.2. The topological polar surface area (TPSA) is 63.3 Å². The third kappa shape index (κ3) is 5.34. The van der Waals surface area contributed by atoms with Crippen molar-refractivity contribution in [2.75, 3.05) is 19.6 Å². The zero-order chi connectivity index (χ0) is 21.5. The van der Waals surface area contributed by atoms with E-state index in [2.05, 4.69) is 85.9 Å². The van der Waals surface area contributed by atoms with Gasteiger partial charge >= 0.3 is 0 Å². The Balaban J connectivity index is 1.43. The van der Waals surface area contributed by atoms with Gasteiger partial charge in [0.05, 0.1) is 12.4 Å². The first-order valence-corrected chi connectivity index (χ1v) is 11.3. The molecule has 0 amide bonds. The summed E-state index contributed by atoms with van der Waals surface area (Å²) < 4.78 is 4.45. The van der Waals surface area contributed by atoms with Crippen molar-refractivity contribution in [1.29, 1.82) is 0 Å². The minimum Gasteiger partial charge on any atom is -0.357 e. The van der Waals surface area contributed by atoms with Crippen LogP contribution >= 0.6 is 0 Å². The Bertz CT molecular complexity index is 945. The van der Waals surface area contributed by atoms with Crippen molar-refractivity contribution in [1.82, 2.24) is 29.3 Å². The zero-order valence-electron chi connectivity index (χ0n) is 18.6. The first-order valence-electron chi connectivity index (χ1n) is 11.3. The monoisotopic (exact) mass is 419 g/mol. The number of imidazole rings is 2. The van der Waals surface area contributed by atoms with E-state index in [-0.39, 0.29) is 0 Å². The lowest BCUT2D eigenvalue weighted by molar-refractivity contribution is 0.189. The highest BCUT2D eigenvalue weighted by Crippen LogP contribution is 2.27. The second-order valence-electron chi connectivity index (χ2n) is 8.23. The van der Waals surface area contributed by atoms with Crippen LogP contribution in [0.1, 0.15) is 37.7 Å². The van der Waals surface area contributed by atoms with E-state index in [0.717, 1.165) is 50.8 Å². The number of nitrogens with one attached hydrogen (secondary N) is 1. The molecule has 164 valence electrons. The molecule has 0 radical (unpaired) electrons. The number of nitrogens with zero attached hydrogens (tertiary/aromatic N) is 6. The average molecular weight is 420 g/mol. The van der Waals surface area contributed by atoms with Gasteiger partial charge in [0, 0.05) is 51.0 Å². The van der Waals surface area contributed by atoms with Gasteiger partial charge in [-0.25, -0.2) is 15.0 Å². The molecule has 1 aliphatic heterocycles. The summed E-state index contributed by atoms with van der Waals surface area (Å²) in [6.45, 7) is 8.74. The van der Waals surface area contributed by atoms with Crippen molar-refractivity contribution in [3.63, 3.8) is 0 Å². The van der Waals surface area contributed by atoms with Crippen LogP contribution in [0.15, 0.2) is 66.4 Å².